The SMILES string of the molecule is C#CCSc1ncnc2scc(-c3ccc(C(C)C)cc3)c12. The number of nitrogens with zero attached hydrogens (tertiary/aromatic N) is 2. The highest BCUT2D eigenvalue weighted by Gasteiger charge is 2.13. The van der Waals surface area contributed by atoms with Crippen LogP contribution in [0.5, 0.6) is 0 Å². The van der Waals surface area contributed by atoms with Gasteiger partial charge in [-0.3, -0.25) is 0 Å². The fraction of sp³-hybridized carbons (Fsp3) is 0.222. The molecular weight excluding hydrogens is 308 g/mol. The van der Waals surface area contributed by atoms with Gasteiger partial charge in [0.25, 0.3) is 0 Å². The normalized spacial score (nSPS) is 11.0. The van der Waals surface area contributed by atoms with Gasteiger partial charge in [-0.25, -0.2) is 9.97 Å². The van der Waals surface area contributed by atoms with Crippen LogP contribution in [0.1, 0.15) is 25.3 Å². The molecular formula is C18H16N2S2. The van der Waals surface area contributed by atoms with Crippen molar-refractivity contribution in [1.29, 1.82) is 0 Å². The summed E-state index contributed by atoms with van der Waals surface area (Å²) in [6, 6.07) is 8.75. The number of hydrogen-bond acceptors (Lipinski definition) is 4. The minimum absolute atomic E-state index is 0.540. The third-order valence-electron chi connectivity index (χ3n) is 3.52. The van der Waals surface area contributed by atoms with Crippen molar-refractivity contribution in [2.45, 2.75) is 24.8 Å². The Kier molecular flexibility index (Phi) is 4.47. The molecule has 0 saturated carbocycles. The molecule has 110 valence electrons. The highest BCUT2D eigenvalue weighted by Crippen LogP contribution is 2.38. The van der Waals surface area contributed by atoms with Gasteiger partial charge in [0.1, 0.15) is 16.2 Å². The Bertz CT molecular complexity index is 826. The van der Waals surface area contributed by atoms with Crippen LogP contribution >= 0.6 is 23.1 Å². The summed E-state index contributed by atoms with van der Waals surface area (Å²) in [6.07, 6.45) is 6.99. The second-order valence-electron chi connectivity index (χ2n) is 5.28. The Morgan fingerprint density at radius 2 is 2.00 bits per heavy atom. The van der Waals surface area contributed by atoms with Crippen molar-refractivity contribution in [3.63, 3.8) is 0 Å². The van der Waals surface area contributed by atoms with Crippen LogP contribution in [0.2, 0.25) is 0 Å². The summed E-state index contributed by atoms with van der Waals surface area (Å²) in [4.78, 5) is 9.81. The number of thioether (sulfide) groups is 1. The average molecular weight is 324 g/mol. The summed E-state index contributed by atoms with van der Waals surface area (Å²) in [5.41, 5.74) is 3.74. The molecule has 0 atom stereocenters. The molecule has 2 heterocycles. The van der Waals surface area contributed by atoms with Gasteiger partial charge in [-0.2, -0.15) is 0 Å². The molecule has 0 N–H and O–H groups in total. The van der Waals surface area contributed by atoms with Crippen LogP contribution in [-0.2, 0) is 0 Å². The number of terminal acetylenes is 1. The molecule has 4 heteroatoms. The first-order valence-electron chi connectivity index (χ1n) is 7.09. The van der Waals surface area contributed by atoms with E-state index in [1.807, 2.05) is 0 Å². The first kappa shape index (κ1) is 15.1. The fourth-order valence-corrected chi connectivity index (χ4v) is 4.00. The van der Waals surface area contributed by atoms with Gasteiger partial charge in [0, 0.05) is 10.9 Å². The van der Waals surface area contributed by atoms with E-state index in [0.29, 0.717) is 11.7 Å². The monoisotopic (exact) mass is 324 g/mol. The number of benzene rings is 1. The minimum atomic E-state index is 0.540. The van der Waals surface area contributed by atoms with E-state index in [1.165, 1.54) is 16.7 Å². The Balaban J connectivity index is 2.08. The largest absolute Gasteiger partial charge is 0.229 e. The fourth-order valence-electron chi connectivity index (χ4n) is 2.33. The van der Waals surface area contributed by atoms with E-state index in [0.717, 1.165) is 15.2 Å². The molecule has 22 heavy (non-hydrogen) atoms. The molecule has 0 amide bonds. The van der Waals surface area contributed by atoms with Crippen molar-refractivity contribution < 1.29 is 0 Å². The van der Waals surface area contributed by atoms with Gasteiger partial charge in [-0.15, -0.1) is 17.8 Å². The molecule has 0 aliphatic rings. The summed E-state index contributed by atoms with van der Waals surface area (Å²) < 4.78 is 0. The van der Waals surface area contributed by atoms with Crippen molar-refractivity contribution >= 4 is 33.3 Å². The third kappa shape index (κ3) is 2.87. The molecule has 0 fully saturated rings. The Morgan fingerprint density at radius 1 is 1.23 bits per heavy atom. The van der Waals surface area contributed by atoms with Crippen molar-refractivity contribution in [3.05, 3.63) is 41.5 Å². The van der Waals surface area contributed by atoms with Crippen molar-refractivity contribution in [2.75, 3.05) is 5.75 Å². The van der Waals surface area contributed by atoms with Gasteiger partial charge in [0.05, 0.1) is 11.1 Å². The van der Waals surface area contributed by atoms with Crippen LogP contribution in [0.4, 0.5) is 0 Å². The van der Waals surface area contributed by atoms with E-state index in [2.05, 4.69) is 59.4 Å². The van der Waals surface area contributed by atoms with E-state index in [-0.39, 0.29) is 0 Å². The zero-order valence-corrected chi connectivity index (χ0v) is 14.2. The van der Waals surface area contributed by atoms with Gasteiger partial charge in [-0.1, -0.05) is 55.8 Å². The Morgan fingerprint density at radius 3 is 2.68 bits per heavy atom. The molecule has 2 aromatic heterocycles. The lowest BCUT2D eigenvalue weighted by Crippen LogP contribution is -1.88. The van der Waals surface area contributed by atoms with Crippen LogP contribution in [0.15, 0.2) is 41.0 Å². The van der Waals surface area contributed by atoms with E-state index < -0.39 is 0 Å². The van der Waals surface area contributed by atoms with E-state index in [9.17, 15) is 0 Å². The molecule has 0 bridgehead atoms. The molecule has 3 aromatic rings. The number of rotatable bonds is 4. The standard InChI is InChI=1S/C18H16N2S2/c1-4-9-21-17-16-15(10-22-18(16)20-11-19-17)14-7-5-13(6-8-14)12(2)3/h1,5-8,10-12H,9H2,2-3H3. The maximum absolute atomic E-state index is 5.38. The van der Waals surface area contributed by atoms with Gasteiger partial charge in [-0.05, 0) is 17.0 Å². The molecule has 0 spiro atoms. The smallest absolute Gasteiger partial charge is 0.128 e. The molecule has 0 aliphatic carbocycles. The van der Waals surface area contributed by atoms with Crippen LogP contribution in [-0.4, -0.2) is 15.7 Å². The van der Waals surface area contributed by atoms with E-state index >= 15 is 0 Å². The molecule has 0 saturated heterocycles. The highest BCUT2D eigenvalue weighted by molar-refractivity contribution is 7.99. The zero-order chi connectivity index (χ0) is 15.5. The van der Waals surface area contributed by atoms with Gasteiger partial charge < -0.3 is 0 Å². The topological polar surface area (TPSA) is 25.8 Å². The van der Waals surface area contributed by atoms with Gasteiger partial charge in [0.2, 0.25) is 0 Å². The molecule has 2 nitrogen and oxygen atoms in total. The van der Waals surface area contributed by atoms with Gasteiger partial charge in [0.15, 0.2) is 0 Å². The minimum Gasteiger partial charge on any atom is -0.229 e. The third-order valence-corrected chi connectivity index (χ3v) is 5.30. The van der Waals surface area contributed by atoms with Gasteiger partial charge >= 0.3 is 0 Å². The molecule has 0 aliphatic heterocycles. The molecule has 0 radical (unpaired) electrons. The molecule has 1 aromatic carbocycles. The second kappa shape index (κ2) is 6.51. The Hall–Kier alpha value is -1.83. The number of thiophene rings is 1. The van der Waals surface area contributed by atoms with Crippen molar-refractivity contribution in [3.8, 4) is 23.5 Å². The zero-order valence-electron chi connectivity index (χ0n) is 12.5. The lowest BCUT2D eigenvalue weighted by Gasteiger charge is -2.07. The lowest BCUT2D eigenvalue weighted by atomic mass is 9.99. The predicted molar refractivity (Wildman–Crippen MR) is 96.5 cm³/mol. The second-order valence-corrected chi connectivity index (χ2v) is 7.10. The van der Waals surface area contributed by atoms with Crippen LogP contribution in [0, 0.1) is 12.3 Å². The predicted octanol–water partition coefficient (Wildman–Crippen LogP) is 5.21. The van der Waals surface area contributed by atoms with Crippen LogP contribution < -0.4 is 0 Å². The van der Waals surface area contributed by atoms with E-state index in [4.69, 9.17) is 6.42 Å². The lowest BCUT2D eigenvalue weighted by molar-refractivity contribution is 0.867. The summed E-state index contributed by atoms with van der Waals surface area (Å²) in [7, 11) is 0. The first-order valence-corrected chi connectivity index (χ1v) is 8.96. The number of aromatic nitrogens is 2. The summed E-state index contributed by atoms with van der Waals surface area (Å²) in [5, 5.41) is 4.24. The number of hydrogen-bond donors (Lipinski definition) is 0. The molecule has 0 unspecified atom stereocenters. The van der Waals surface area contributed by atoms with Crippen LogP contribution in [0.3, 0.4) is 0 Å². The Labute approximate surface area is 139 Å². The van der Waals surface area contributed by atoms with Crippen molar-refractivity contribution in [1.82, 2.24) is 9.97 Å². The maximum atomic E-state index is 5.38. The maximum Gasteiger partial charge on any atom is 0.128 e. The first-order chi connectivity index (χ1) is 10.7. The van der Waals surface area contributed by atoms with Crippen molar-refractivity contribution in [2.24, 2.45) is 0 Å². The molecule has 3 rings (SSSR count). The quantitative estimate of drug-likeness (QED) is 0.374. The number of fused-ring (bicyclic) bond motifs is 1. The van der Waals surface area contributed by atoms with E-state index in [1.54, 1.807) is 29.4 Å². The average Bonchev–Trinajstić information content (AvgIpc) is 2.97. The summed E-state index contributed by atoms with van der Waals surface area (Å²) >= 11 is 3.24. The van der Waals surface area contributed by atoms with Crippen LogP contribution in [0.25, 0.3) is 21.3 Å². The summed E-state index contributed by atoms with van der Waals surface area (Å²) in [5.74, 6) is 3.82. The highest BCUT2D eigenvalue weighted by atomic mass is 32.2. The summed E-state index contributed by atoms with van der Waals surface area (Å²) in [6.45, 7) is 4.41.